The molecular formula is C38H54FN5O3Si2. The lowest BCUT2D eigenvalue weighted by Gasteiger charge is -2.30. The summed E-state index contributed by atoms with van der Waals surface area (Å²) < 4.78 is 34.2. The van der Waals surface area contributed by atoms with E-state index in [1.54, 1.807) is 6.07 Å². The Kier molecular flexibility index (Phi) is 10.9. The average Bonchev–Trinajstić information content (AvgIpc) is 3.64. The molecule has 2 saturated carbocycles. The molecule has 3 aromatic heterocycles. The number of hydrogen-bond donors (Lipinski definition) is 0. The van der Waals surface area contributed by atoms with Gasteiger partial charge in [-0.25, -0.2) is 9.37 Å². The molecule has 0 unspecified atom stereocenters. The Labute approximate surface area is 293 Å². The summed E-state index contributed by atoms with van der Waals surface area (Å²) in [5.41, 5.74) is 5.15. The quantitative estimate of drug-likeness (QED) is 0.0694. The first kappa shape index (κ1) is 35.7. The number of fused-ring (bicyclic) bond motifs is 3. The molecule has 0 N–H and O–H groups in total. The number of aromatic nitrogens is 4. The van der Waals surface area contributed by atoms with E-state index in [9.17, 15) is 4.39 Å². The smallest absolute Gasteiger partial charge is 0.165 e. The van der Waals surface area contributed by atoms with Gasteiger partial charge in [0, 0.05) is 69.9 Å². The van der Waals surface area contributed by atoms with Crippen LogP contribution in [0, 0.1) is 17.7 Å². The molecule has 3 heterocycles. The number of pyridine rings is 1. The number of hydrogen-bond acceptors (Lipinski definition) is 7. The summed E-state index contributed by atoms with van der Waals surface area (Å²) in [6.07, 6.45) is 10.1. The Morgan fingerprint density at radius 1 is 0.837 bits per heavy atom. The zero-order valence-corrected chi connectivity index (χ0v) is 32.5. The SMILES string of the molecule is COc1ccc(-c2ccc(-c3cnn4c(N(COCC[Si](C)(C)C)COCC[Si](C)(C)C)cc([C@H]5C[C@@H]6CC[C@@H](C6)C5)nc34)cn2)cc1F. The topological polar surface area (TPSA) is 74.0 Å². The van der Waals surface area contributed by atoms with E-state index in [1.807, 2.05) is 35.1 Å². The van der Waals surface area contributed by atoms with E-state index < -0.39 is 22.0 Å². The van der Waals surface area contributed by atoms with Crippen molar-refractivity contribution in [2.45, 2.75) is 89.4 Å². The number of methoxy groups -OCH3 is 1. The lowest BCUT2D eigenvalue weighted by atomic mass is 9.79. The van der Waals surface area contributed by atoms with Gasteiger partial charge in [0.2, 0.25) is 0 Å². The number of halogens is 1. The van der Waals surface area contributed by atoms with E-state index >= 15 is 0 Å². The molecule has 8 nitrogen and oxygen atoms in total. The molecular weight excluding hydrogens is 650 g/mol. The highest BCUT2D eigenvalue weighted by atomic mass is 28.3. The third kappa shape index (κ3) is 8.97. The molecule has 1 aromatic carbocycles. The molecule has 2 bridgehead atoms. The van der Waals surface area contributed by atoms with Crippen molar-refractivity contribution in [2.24, 2.45) is 11.8 Å². The second-order valence-corrected chi connectivity index (χ2v) is 27.8. The van der Waals surface area contributed by atoms with E-state index in [-0.39, 0.29) is 5.75 Å². The summed E-state index contributed by atoms with van der Waals surface area (Å²) in [5, 5.41) is 4.91. The minimum absolute atomic E-state index is 0.215. The molecule has 3 atom stereocenters. The minimum atomic E-state index is -1.24. The monoisotopic (exact) mass is 703 g/mol. The van der Waals surface area contributed by atoms with Crippen LogP contribution in [0.3, 0.4) is 0 Å². The van der Waals surface area contributed by atoms with E-state index in [2.05, 4.69) is 50.2 Å². The van der Waals surface area contributed by atoms with Gasteiger partial charge in [-0.15, -0.1) is 0 Å². The standard InChI is InChI=1S/C38H54FN5O3Si2/c1-45-36-13-11-29(21-33(36)39)34-12-10-30(23-40-34)32-24-41-44-37(22-35(42-38(32)44)31-19-27-8-9-28(18-27)20-31)43(25-46-14-16-48(2,3)4)26-47-15-17-49(5,6)7/h10-13,21-24,27-28,31H,8-9,14-20,25-26H2,1-7H3/t27-,28+,31+. The van der Waals surface area contributed by atoms with Crippen LogP contribution in [0.15, 0.2) is 48.8 Å². The van der Waals surface area contributed by atoms with Crippen LogP contribution in [0.5, 0.6) is 5.75 Å². The minimum Gasteiger partial charge on any atom is -0.494 e. The first-order chi connectivity index (χ1) is 23.4. The molecule has 2 aliphatic rings. The Bertz CT molecular complexity index is 1690. The van der Waals surface area contributed by atoms with Crippen molar-refractivity contribution in [3.63, 3.8) is 0 Å². The zero-order chi connectivity index (χ0) is 34.8. The Hall–Kier alpha value is -3.13. The first-order valence-electron chi connectivity index (χ1n) is 18.0. The molecule has 2 aliphatic carbocycles. The highest BCUT2D eigenvalue weighted by molar-refractivity contribution is 6.76. The highest BCUT2D eigenvalue weighted by Crippen LogP contribution is 2.48. The third-order valence-corrected chi connectivity index (χ3v) is 13.5. The largest absolute Gasteiger partial charge is 0.494 e. The van der Waals surface area contributed by atoms with Crippen LogP contribution in [-0.4, -0.2) is 69.5 Å². The summed E-state index contributed by atoms with van der Waals surface area (Å²) in [4.78, 5) is 12.3. The van der Waals surface area contributed by atoms with Crippen LogP contribution in [0.4, 0.5) is 10.2 Å². The molecule has 0 spiro atoms. The molecule has 2 fully saturated rings. The van der Waals surface area contributed by atoms with Gasteiger partial charge in [0.15, 0.2) is 17.2 Å². The second kappa shape index (κ2) is 15.0. The maximum absolute atomic E-state index is 14.5. The number of rotatable bonds is 15. The Morgan fingerprint density at radius 2 is 1.49 bits per heavy atom. The number of benzene rings is 1. The fourth-order valence-corrected chi connectivity index (χ4v) is 8.69. The molecule has 4 aromatic rings. The molecule has 0 saturated heterocycles. The van der Waals surface area contributed by atoms with Crippen LogP contribution in [0.2, 0.25) is 51.4 Å². The summed E-state index contributed by atoms with van der Waals surface area (Å²) in [7, 11) is -1.01. The molecule has 0 amide bonds. The van der Waals surface area contributed by atoms with Crippen molar-refractivity contribution >= 4 is 27.6 Å². The van der Waals surface area contributed by atoms with E-state index in [0.29, 0.717) is 30.6 Å². The van der Waals surface area contributed by atoms with Gasteiger partial charge in [0.1, 0.15) is 19.3 Å². The normalized spacial score (nSPS) is 19.5. The van der Waals surface area contributed by atoms with Gasteiger partial charge in [0.05, 0.1) is 19.0 Å². The van der Waals surface area contributed by atoms with E-state index in [1.165, 1.54) is 45.3 Å². The number of ether oxygens (including phenoxy) is 3. The maximum atomic E-state index is 14.5. The van der Waals surface area contributed by atoms with Gasteiger partial charge in [0.25, 0.3) is 0 Å². The molecule has 11 heteroatoms. The summed E-state index contributed by atoms with van der Waals surface area (Å²) in [6, 6.07) is 13.3. The molecule has 0 radical (unpaired) electrons. The highest BCUT2D eigenvalue weighted by Gasteiger charge is 2.36. The van der Waals surface area contributed by atoms with Gasteiger partial charge < -0.3 is 19.1 Å². The fraction of sp³-hybridized carbons (Fsp3) is 0.553. The molecule has 0 aliphatic heterocycles. The molecule has 6 rings (SSSR count). The van der Waals surface area contributed by atoms with Gasteiger partial charge in [-0.1, -0.05) is 58.2 Å². The van der Waals surface area contributed by atoms with Crippen molar-refractivity contribution in [3.05, 3.63) is 60.3 Å². The van der Waals surface area contributed by atoms with E-state index in [4.69, 9.17) is 29.3 Å². The van der Waals surface area contributed by atoms with Crippen molar-refractivity contribution in [1.29, 1.82) is 0 Å². The Balaban J connectivity index is 1.35. The van der Waals surface area contributed by atoms with Crippen molar-refractivity contribution in [3.8, 4) is 28.1 Å². The first-order valence-corrected chi connectivity index (χ1v) is 25.4. The van der Waals surface area contributed by atoms with Crippen LogP contribution in [0.1, 0.15) is 43.7 Å². The number of nitrogens with zero attached hydrogens (tertiary/aromatic N) is 5. The summed E-state index contributed by atoms with van der Waals surface area (Å²) in [5.74, 6) is 2.76. The third-order valence-electron chi connectivity index (χ3n) is 10.1. The molecule has 49 heavy (non-hydrogen) atoms. The van der Waals surface area contributed by atoms with Crippen LogP contribution in [-0.2, 0) is 9.47 Å². The van der Waals surface area contributed by atoms with Crippen molar-refractivity contribution in [2.75, 3.05) is 38.7 Å². The second-order valence-electron chi connectivity index (χ2n) is 16.6. The van der Waals surface area contributed by atoms with Crippen LogP contribution in [0.25, 0.3) is 28.0 Å². The fourth-order valence-electron chi connectivity index (χ4n) is 7.18. The lowest BCUT2D eigenvalue weighted by Crippen LogP contribution is -2.33. The zero-order valence-electron chi connectivity index (χ0n) is 30.5. The van der Waals surface area contributed by atoms with Crippen molar-refractivity contribution in [1.82, 2.24) is 19.6 Å². The summed E-state index contributed by atoms with van der Waals surface area (Å²) >= 11 is 0. The van der Waals surface area contributed by atoms with Gasteiger partial charge in [-0.3, -0.25) is 4.98 Å². The van der Waals surface area contributed by atoms with Crippen LogP contribution >= 0.6 is 0 Å². The maximum Gasteiger partial charge on any atom is 0.165 e. The predicted octanol–water partition coefficient (Wildman–Crippen LogP) is 9.33. The van der Waals surface area contributed by atoms with Gasteiger partial charge in [-0.05, 0) is 67.5 Å². The lowest BCUT2D eigenvalue weighted by molar-refractivity contribution is 0.0942. The predicted molar refractivity (Wildman–Crippen MR) is 201 cm³/mol. The average molecular weight is 704 g/mol. The molecule has 264 valence electrons. The van der Waals surface area contributed by atoms with Gasteiger partial charge in [-0.2, -0.15) is 9.61 Å². The Morgan fingerprint density at radius 3 is 2.06 bits per heavy atom. The van der Waals surface area contributed by atoms with Crippen LogP contribution < -0.4 is 9.64 Å². The summed E-state index contributed by atoms with van der Waals surface area (Å²) in [6.45, 7) is 16.6. The van der Waals surface area contributed by atoms with Gasteiger partial charge >= 0.3 is 0 Å². The van der Waals surface area contributed by atoms with E-state index in [0.717, 1.165) is 65.4 Å². The number of anilines is 1. The van der Waals surface area contributed by atoms with Crippen molar-refractivity contribution < 1.29 is 18.6 Å².